The number of nitrogens with one attached hydrogen (secondary N) is 1. The van der Waals surface area contributed by atoms with E-state index < -0.39 is 13.0 Å². The molecule has 1 N–H and O–H groups in total. The summed E-state index contributed by atoms with van der Waals surface area (Å²) in [4.78, 5) is 4.34. The molecule has 17 heavy (non-hydrogen) atoms. The average Bonchev–Trinajstić information content (AvgIpc) is 3.10. The van der Waals surface area contributed by atoms with Gasteiger partial charge >= 0.3 is 0 Å². The molecule has 0 saturated heterocycles. The average molecular weight is 242 g/mol. The highest BCUT2D eigenvalue weighted by atomic mass is 19.3. The predicted molar refractivity (Wildman–Crippen MR) is 59.8 cm³/mol. The lowest BCUT2D eigenvalue weighted by atomic mass is 10.3. The Morgan fingerprint density at radius 2 is 2.12 bits per heavy atom. The largest absolute Gasteiger partial charge is 0.369 e. The van der Waals surface area contributed by atoms with Crippen molar-refractivity contribution in [3.8, 4) is 0 Å². The molecule has 2 rings (SSSR count). The SMILES string of the molecule is FC(F)COCc1cccc(CNC2CC2)n1. The maximum Gasteiger partial charge on any atom is 0.261 e. The van der Waals surface area contributed by atoms with E-state index in [2.05, 4.69) is 10.3 Å². The van der Waals surface area contributed by atoms with Crippen LogP contribution in [0.3, 0.4) is 0 Å². The number of ether oxygens (including phenoxy) is 1. The van der Waals surface area contributed by atoms with Crippen molar-refractivity contribution in [2.24, 2.45) is 0 Å². The van der Waals surface area contributed by atoms with Crippen molar-refractivity contribution in [1.29, 1.82) is 0 Å². The molecule has 5 heteroatoms. The molecule has 1 fully saturated rings. The standard InChI is InChI=1S/C12H16F2N2O/c13-12(14)8-17-7-11-3-1-2-10(16-11)6-15-9-4-5-9/h1-3,9,12,15H,4-8H2. The second-order valence-corrected chi connectivity index (χ2v) is 4.18. The molecule has 1 heterocycles. The third-order valence-electron chi connectivity index (χ3n) is 2.51. The maximum atomic E-state index is 11.9. The van der Waals surface area contributed by atoms with Gasteiger partial charge in [-0.2, -0.15) is 0 Å². The first kappa shape index (κ1) is 12.4. The lowest BCUT2D eigenvalue weighted by Gasteiger charge is -2.06. The minimum Gasteiger partial charge on any atom is -0.369 e. The molecule has 0 atom stereocenters. The van der Waals surface area contributed by atoms with E-state index in [9.17, 15) is 8.78 Å². The van der Waals surface area contributed by atoms with Gasteiger partial charge in [-0.15, -0.1) is 0 Å². The molecular formula is C12H16F2N2O. The molecule has 0 amide bonds. The number of pyridine rings is 1. The van der Waals surface area contributed by atoms with Crippen LogP contribution in [0.25, 0.3) is 0 Å². The van der Waals surface area contributed by atoms with Crippen molar-refractivity contribution in [3.63, 3.8) is 0 Å². The van der Waals surface area contributed by atoms with Gasteiger partial charge in [0.05, 0.1) is 18.0 Å². The maximum absolute atomic E-state index is 11.9. The smallest absolute Gasteiger partial charge is 0.261 e. The van der Waals surface area contributed by atoms with Crippen LogP contribution in [0.15, 0.2) is 18.2 Å². The number of hydrogen-bond donors (Lipinski definition) is 1. The van der Waals surface area contributed by atoms with E-state index in [0.29, 0.717) is 11.7 Å². The number of aromatic nitrogens is 1. The second kappa shape index (κ2) is 6.02. The summed E-state index contributed by atoms with van der Waals surface area (Å²) in [6, 6.07) is 6.21. The Kier molecular flexibility index (Phi) is 4.39. The summed E-state index contributed by atoms with van der Waals surface area (Å²) in [5, 5.41) is 3.35. The van der Waals surface area contributed by atoms with Gasteiger partial charge in [0.2, 0.25) is 0 Å². The highest BCUT2D eigenvalue weighted by molar-refractivity contribution is 5.10. The van der Waals surface area contributed by atoms with Crippen molar-refractivity contribution in [1.82, 2.24) is 10.3 Å². The third kappa shape index (κ3) is 4.75. The van der Waals surface area contributed by atoms with Crippen LogP contribution in [0.2, 0.25) is 0 Å². The van der Waals surface area contributed by atoms with Crippen molar-refractivity contribution in [2.45, 2.75) is 38.5 Å². The summed E-state index contributed by atoms with van der Waals surface area (Å²) in [5.41, 5.74) is 1.62. The van der Waals surface area contributed by atoms with Crippen molar-refractivity contribution >= 4 is 0 Å². The molecule has 1 saturated carbocycles. The minimum atomic E-state index is -2.42. The van der Waals surface area contributed by atoms with Crippen molar-refractivity contribution in [3.05, 3.63) is 29.6 Å². The van der Waals surface area contributed by atoms with Crippen LogP contribution in [-0.4, -0.2) is 24.1 Å². The van der Waals surface area contributed by atoms with E-state index in [4.69, 9.17) is 4.74 Å². The van der Waals surface area contributed by atoms with Crippen LogP contribution < -0.4 is 5.32 Å². The minimum absolute atomic E-state index is 0.140. The van der Waals surface area contributed by atoms with E-state index in [1.807, 2.05) is 12.1 Å². The van der Waals surface area contributed by atoms with E-state index in [1.165, 1.54) is 12.8 Å². The molecule has 0 radical (unpaired) electrons. The van der Waals surface area contributed by atoms with Crippen LogP contribution >= 0.6 is 0 Å². The Labute approximate surface area is 99.2 Å². The van der Waals surface area contributed by atoms with Crippen molar-refractivity contribution < 1.29 is 13.5 Å². The zero-order valence-corrected chi connectivity index (χ0v) is 9.53. The number of alkyl halides is 2. The van der Waals surface area contributed by atoms with Gasteiger partial charge in [-0.1, -0.05) is 6.07 Å². The summed E-state index contributed by atoms with van der Waals surface area (Å²) in [6.07, 6.45) is 0.0451. The first-order valence-electron chi connectivity index (χ1n) is 5.78. The molecule has 94 valence electrons. The molecule has 0 bridgehead atoms. The molecular weight excluding hydrogens is 226 g/mol. The van der Waals surface area contributed by atoms with Gasteiger partial charge in [-0.25, -0.2) is 8.78 Å². The number of hydrogen-bond acceptors (Lipinski definition) is 3. The highest BCUT2D eigenvalue weighted by Gasteiger charge is 2.20. The molecule has 1 aliphatic rings. The van der Waals surface area contributed by atoms with Crippen LogP contribution in [0.4, 0.5) is 8.78 Å². The fraction of sp³-hybridized carbons (Fsp3) is 0.583. The quantitative estimate of drug-likeness (QED) is 0.795. The highest BCUT2D eigenvalue weighted by Crippen LogP contribution is 2.19. The van der Waals surface area contributed by atoms with E-state index in [1.54, 1.807) is 6.07 Å². The third-order valence-corrected chi connectivity index (χ3v) is 2.51. The molecule has 0 aliphatic heterocycles. The Morgan fingerprint density at radius 1 is 1.35 bits per heavy atom. The van der Waals surface area contributed by atoms with Gasteiger partial charge < -0.3 is 10.1 Å². The fourth-order valence-corrected chi connectivity index (χ4v) is 1.50. The zero-order valence-electron chi connectivity index (χ0n) is 9.53. The van der Waals surface area contributed by atoms with Gasteiger partial charge in [0.1, 0.15) is 6.61 Å². The van der Waals surface area contributed by atoms with Gasteiger partial charge in [0.15, 0.2) is 0 Å². The van der Waals surface area contributed by atoms with Gasteiger partial charge in [-0.3, -0.25) is 4.98 Å². The normalized spacial score (nSPS) is 15.5. The number of rotatable bonds is 7. The lowest BCUT2D eigenvalue weighted by molar-refractivity contribution is 0.00879. The topological polar surface area (TPSA) is 34.1 Å². The Balaban J connectivity index is 1.78. The summed E-state index contributed by atoms with van der Waals surface area (Å²) in [7, 11) is 0. The second-order valence-electron chi connectivity index (χ2n) is 4.18. The Hall–Kier alpha value is -1.07. The van der Waals surface area contributed by atoms with Gasteiger partial charge in [-0.05, 0) is 25.0 Å². The first-order chi connectivity index (χ1) is 8.24. The van der Waals surface area contributed by atoms with Crippen LogP contribution in [0.1, 0.15) is 24.2 Å². The number of halogens is 2. The van der Waals surface area contributed by atoms with E-state index in [0.717, 1.165) is 12.2 Å². The molecule has 1 aromatic rings. The molecule has 1 aliphatic carbocycles. The Bertz CT molecular complexity index is 356. The summed E-state index contributed by atoms with van der Waals surface area (Å²) < 4.78 is 28.6. The van der Waals surface area contributed by atoms with Gasteiger partial charge in [0, 0.05) is 12.6 Å². The molecule has 0 unspecified atom stereocenters. The van der Waals surface area contributed by atoms with Crippen LogP contribution in [0, 0.1) is 0 Å². The van der Waals surface area contributed by atoms with E-state index >= 15 is 0 Å². The fourth-order valence-electron chi connectivity index (χ4n) is 1.50. The predicted octanol–water partition coefficient (Wildman–Crippen LogP) is 2.12. The molecule has 1 aromatic heterocycles. The molecule has 3 nitrogen and oxygen atoms in total. The van der Waals surface area contributed by atoms with Crippen LogP contribution in [-0.2, 0) is 17.9 Å². The first-order valence-corrected chi connectivity index (χ1v) is 5.78. The van der Waals surface area contributed by atoms with E-state index in [-0.39, 0.29) is 6.61 Å². The molecule has 0 spiro atoms. The number of nitrogens with zero attached hydrogens (tertiary/aromatic N) is 1. The summed E-state index contributed by atoms with van der Waals surface area (Å²) in [6.45, 7) is 0.335. The van der Waals surface area contributed by atoms with Gasteiger partial charge in [0.25, 0.3) is 6.43 Å². The monoisotopic (exact) mass is 242 g/mol. The zero-order chi connectivity index (χ0) is 12.1. The summed E-state index contributed by atoms with van der Waals surface area (Å²) >= 11 is 0. The lowest BCUT2D eigenvalue weighted by Crippen LogP contribution is -2.16. The summed E-state index contributed by atoms with van der Waals surface area (Å²) in [5.74, 6) is 0. The molecule has 0 aromatic carbocycles. The van der Waals surface area contributed by atoms with Crippen molar-refractivity contribution in [2.75, 3.05) is 6.61 Å². The van der Waals surface area contributed by atoms with Crippen LogP contribution in [0.5, 0.6) is 0 Å². The Morgan fingerprint density at radius 3 is 2.82 bits per heavy atom.